The number of imidazole rings is 1. The average Bonchev–Trinajstić information content (AvgIpc) is 2.62. The lowest BCUT2D eigenvalue weighted by Crippen LogP contribution is -1.99. The molecule has 0 aliphatic carbocycles. The van der Waals surface area contributed by atoms with Crippen LogP contribution < -0.4 is 0 Å². The number of hydrogen-bond acceptors (Lipinski definition) is 1. The largest absolute Gasteiger partial charge is 0.331 e. The van der Waals surface area contributed by atoms with Crippen LogP contribution in [0.1, 0.15) is 26.7 Å². The molecule has 2 aromatic rings. The Morgan fingerprint density at radius 2 is 1.94 bits per heavy atom. The van der Waals surface area contributed by atoms with Crippen molar-refractivity contribution in [1.82, 2.24) is 9.55 Å². The fraction of sp³-hybridized carbons (Fsp3) is 0.462. The van der Waals surface area contributed by atoms with E-state index in [4.69, 9.17) is 0 Å². The standard InChI is InChI=1S/C13H16F2N2/c1-9(2)4-3-5-17-8-16-12-6-10(14)11(15)7-13(12)17/h6-9H,3-5H2,1-2H3. The van der Waals surface area contributed by atoms with Crippen LogP contribution in [0.2, 0.25) is 0 Å². The molecule has 0 radical (unpaired) electrons. The van der Waals surface area contributed by atoms with Gasteiger partial charge in [-0.2, -0.15) is 0 Å². The number of aromatic nitrogens is 2. The number of aryl methyl sites for hydroxylation is 1. The maximum atomic E-state index is 13.1. The van der Waals surface area contributed by atoms with Crippen LogP contribution in [-0.4, -0.2) is 9.55 Å². The van der Waals surface area contributed by atoms with Gasteiger partial charge in [0.25, 0.3) is 0 Å². The van der Waals surface area contributed by atoms with E-state index in [0.29, 0.717) is 17.0 Å². The average molecular weight is 238 g/mol. The van der Waals surface area contributed by atoms with Crippen molar-refractivity contribution in [3.8, 4) is 0 Å². The molecule has 17 heavy (non-hydrogen) atoms. The smallest absolute Gasteiger partial charge is 0.161 e. The molecular formula is C13H16F2N2. The highest BCUT2D eigenvalue weighted by Gasteiger charge is 2.08. The third kappa shape index (κ3) is 2.62. The van der Waals surface area contributed by atoms with E-state index in [1.54, 1.807) is 6.33 Å². The lowest BCUT2D eigenvalue weighted by molar-refractivity contribution is 0.507. The molecule has 2 nitrogen and oxygen atoms in total. The van der Waals surface area contributed by atoms with Gasteiger partial charge in [-0.05, 0) is 18.8 Å². The van der Waals surface area contributed by atoms with E-state index in [-0.39, 0.29) is 0 Å². The van der Waals surface area contributed by atoms with Gasteiger partial charge in [0.05, 0.1) is 17.4 Å². The Balaban J connectivity index is 2.21. The first-order valence-corrected chi connectivity index (χ1v) is 5.88. The molecule has 2 rings (SSSR count). The van der Waals surface area contributed by atoms with E-state index < -0.39 is 11.6 Å². The van der Waals surface area contributed by atoms with Crippen molar-refractivity contribution >= 4 is 11.0 Å². The van der Waals surface area contributed by atoms with Crippen molar-refractivity contribution in [1.29, 1.82) is 0 Å². The molecule has 0 bridgehead atoms. The van der Waals surface area contributed by atoms with Gasteiger partial charge in [0, 0.05) is 18.7 Å². The van der Waals surface area contributed by atoms with Gasteiger partial charge in [-0.15, -0.1) is 0 Å². The highest BCUT2D eigenvalue weighted by Crippen LogP contribution is 2.18. The Hall–Kier alpha value is -1.45. The number of rotatable bonds is 4. The molecule has 0 N–H and O–H groups in total. The molecule has 4 heteroatoms. The molecule has 0 fully saturated rings. The summed E-state index contributed by atoms with van der Waals surface area (Å²) in [6, 6.07) is 2.36. The summed E-state index contributed by atoms with van der Waals surface area (Å²) in [7, 11) is 0. The second-order valence-electron chi connectivity index (χ2n) is 4.73. The van der Waals surface area contributed by atoms with Gasteiger partial charge in [0.2, 0.25) is 0 Å². The molecule has 0 saturated carbocycles. The summed E-state index contributed by atoms with van der Waals surface area (Å²) in [5.41, 5.74) is 1.17. The predicted octanol–water partition coefficient (Wildman–Crippen LogP) is 3.75. The number of benzene rings is 1. The van der Waals surface area contributed by atoms with Crippen LogP contribution in [0.5, 0.6) is 0 Å². The van der Waals surface area contributed by atoms with Crippen LogP contribution in [0.25, 0.3) is 11.0 Å². The zero-order valence-electron chi connectivity index (χ0n) is 10.1. The minimum atomic E-state index is -0.843. The number of halogens is 2. The Bertz CT molecular complexity index is 517. The summed E-state index contributed by atoms with van der Waals surface area (Å²) in [4.78, 5) is 4.07. The van der Waals surface area contributed by atoms with Crippen molar-refractivity contribution in [3.63, 3.8) is 0 Å². The molecule has 0 aliphatic rings. The molecule has 1 aromatic carbocycles. The summed E-state index contributed by atoms with van der Waals surface area (Å²) in [6.07, 6.45) is 3.77. The SMILES string of the molecule is CC(C)CCCn1cnc2cc(F)c(F)cc21. The zero-order chi connectivity index (χ0) is 12.4. The van der Waals surface area contributed by atoms with E-state index in [1.807, 2.05) is 4.57 Å². The Kier molecular flexibility index (Phi) is 3.41. The normalized spacial score (nSPS) is 11.6. The van der Waals surface area contributed by atoms with E-state index >= 15 is 0 Å². The molecule has 0 unspecified atom stereocenters. The van der Waals surface area contributed by atoms with Gasteiger partial charge in [0.15, 0.2) is 11.6 Å². The van der Waals surface area contributed by atoms with Gasteiger partial charge < -0.3 is 4.57 Å². The maximum absolute atomic E-state index is 13.1. The first-order chi connectivity index (χ1) is 8.08. The summed E-state index contributed by atoms with van der Waals surface area (Å²) in [6.45, 7) is 5.13. The van der Waals surface area contributed by atoms with Crippen molar-refractivity contribution in [2.24, 2.45) is 5.92 Å². The van der Waals surface area contributed by atoms with E-state index in [0.717, 1.165) is 25.5 Å². The molecule has 1 aromatic heterocycles. The van der Waals surface area contributed by atoms with Crippen molar-refractivity contribution in [2.45, 2.75) is 33.2 Å². The summed E-state index contributed by atoms with van der Waals surface area (Å²) >= 11 is 0. The lowest BCUT2D eigenvalue weighted by Gasteiger charge is -2.06. The van der Waals surface area contributed by atoms with Gasteiger partial charge in [-0.3, -0.25) is 0 Å². The highest BCUT2D eigenvalue weighted by atomic mass is 19.2. The molecule has 92 valence electrons. The molecule has 1 heterocycles. The Morgan fingerprint density at radius 3 is 2.65 bits per heavy atom. The summed E-state index contributed by atoms with van der Waals surface area (Å²) < 4.78 is 28.0. The lowest BCUT2D eigenvalue weighted by atomic mass is 10.1. The van der Waals surface area contributed by atoms with Crippen LogP contribution in [0.3, 0.4) is 0 Å². The van der Waals surface area contributed by atoms with Crippen LogP contribution in [0.4, 0.5) is 8.78 Å². The number of fused-ring (bicyclic) bond motifs is 1. The van der Waals surface area contributed by atoms with Gasteiger partial charge in [0.1, 0.15) is 0 Å². The Morgan fingerprint density at radius 1 is 1.24 bits per heavy atom. The number of hydrogen-bond donors (Lipinski definition) is 0. The fourth-order valence-corrected chi connectivity index (χ4v) is 1.90. The minimum Gasteiger partial charge on any atom is -0.331 e. The molecular weight excluding hydrogens is 222 g/mol. The second kappa shape index (κ2) is 4.82. The van der Waals surface area contributed by atoms with Crippen LogP contribution >= 0.6 is 0 Å². The molecule has 0 saturated heterocycles. The van der Waals surface area contributed by atoms with Gasteiger partial charge in [-0.25, -0.2) is 13.8 Å². The van der Waals surface area contributed by atoms with Gasteiger partial charge >= 0.3 is 0 Å². The third-order valence-corrected chi connectivity index (χ3v) is 2.84. The van der Waals surface area contributed by atoms with Gasteiger partial charge in [-0.1, -0.05) is 13.8 Å². The van der Waals surface area contributed by atoms with E-state index in [1.165, 1.54) is 6.07 Å². The minimum absolute atomic E-state index is 0.508. The summed E-state index contributed by atoms with van der Waals surface area (Å²) in [5.74, 6) is -1.01. The highest BCUT2D eigenvalue weighted by molar-refractivity contribution is 5.75. The first-order valence-electron chi connectivity index (χ1n) is 5.88. The van der Waals surface area contributed by atoms with Crippen molar-refractivity contribution in [2.75, 3.05) is 0 Å². The van der Waals surface area contributed by atoms with Crippen molar-refractivity contribution < 1.29 is 8.78 Å². The number of nitrogens with zero attached hydrogens (tertiary/aromatic N) is 2. The quantitative estimate of drug-likeness (QED) is 0.793. The third-order valence-electron chi connectivity index (χ3n) is 2.84. The first kappa shape index (κ1) is 12.0. The monoisotopic (exact) mass is 238 g/mol. The summed E-state index contributed by atoms with van der Waals surface area (Å²) in [5, 5.41) is 0. The molecule has 0 spiro atoms. The molecule has 0 amide bonds. The van der Waals surface area contributed by atoms with Crippen LogP contribution in [-0.2, 0) is 6.54 Å². The van der Waals surface area contributed by atoms with E-state index in [9.17, 15) is 8.78 Å². The Labute approximate surface area is 99.3 Å². The van der Waals surface area contributed by atoms with E-state index in [2.05, 4.69) is 18.8 Å². The zero-order valence-corrected chi connectivity index (χ0v) is 10.1. The van der Waals surface area contributed by atoms with Crippen LogP contribution in [0.15, 0.2) is 18.5 Å². The second-order valence-corrected chi connectivity index (χ2v) is 4.73. The van der Waals surface area contributed by atoms with Crippen LogP contribution in [0, 0.1) is 17.6 Å². The topological polar surface area (TPSA) is 17.8 Å². The van der Waals surface area contributed by atoms with Crippen molar-refractivity contribution in [3.05, 3.63) is 30.1 Å². The molecule has 0 atom stereocenters. The molecule has 0 aliphatic heterocycles. The fourth-order valence-electron chi connectivity index (χ4n) is 1.90. The predicted molar refractivity (Wildman–Crippen MR) is 63.7 cm³/mol. The maximum Gasteiger partial charge on any atom is 0.161 e.